The predicted molar refractivity (Wildman–Crippen MR) is 130 cm³/mol. The van der Waals surface area contributed by atoms with Gasteiger partial charge in [0, 0.05) is 44.2 Å². The third kappa shape index (κ3) is 5.34. The molecule has 0 aliphatic carbocycles. The van der Waals surface area contributed by atoms with Crippen molar-refractivity contribution in [3.8, 4) is 22.4 Å². The molecule has 184 valence electrons. The van der Waals surface area contributed by atoms with E-state index in [0.29, 0.717) is 5.69 Å². The van der Waals surface area contributed by atoms with Crippen molar-refractivity contribution < 1.29 is 18.7 Å². The van der Waals surface area contributed by atoms with Crippen molar-refractivity contribution >= 4 is 12.0 Å². The molecule has 8 nitrogen and oxygen atoms in total. The second kappa shape index (κ2) is 9.48. The fourth-order valence-electron chi connectivity index (χ4n) is 4.13. The van der Waals surface area contributed by atoms with Gasteiger partial charge in [-0.05, 0) is 62.7 Å². The second-order valence-corrected chi connectivity index (χ2v) is 9.86. The second-order valence-electron chi connectivity index (χ2n) is 9.86. The zero-order valence-electron chi connectivity index (χ0n) is 20.7. The Kier molecular flexibility index (Phi) is 6.60. The van der Waals surface area contributed by atoms with Crippen molar-refractivity contribution in [3.05, 3.63) is 60.3 Å². The quantitative estimate of drug-likeness (QED) is 0.550. The lowest BCUT2D eigenvalue weighted by molar-refractivity contribution is -0.129. The third-order valence-corrected chi connectivity index (χ3v) is 5.77. The Bertz CT molecular complexity index is 1220. The summed E-state index contributed by atoms with van der Waals surface area (Å²) in [4.78, 5) is 33.0. The minimum atomic E-state index is -0.656. The number of rotatable bonds is 4. The molecule has 2 aromatic heterocycles. The van der Waals surface area contributed by atoms with Gasteiger partial charge in [0.1, 0.15) is 17.1 Å². The Balaban J connectivity index is 1.87. The predicted octanol–water partition coefficient (Wildman–Crippen LogP) is 4.52. The van der Waals surface area contributed by atoms with Crippen LogP contribution in [-0.4, -0.2) is 62.8 Å². The number of ether oxygens (including phenoxy) is 1. The Morgan fingerprint density at radius 1 is 1.09 bits per heavy atom. The molecule has 9 heteroatoms. The van der Waals surface area contributed by atoms with Crippen LogP contribution >= 0.6 is 0 Å². The standard InChI is InChI=1S/C26H30FN5O3/c1-26(2,3)35-25(34)31-15-20(14-22(33)30(4)5)32-21(16-31)23(17-10-12-28-13-11-17)24(29-32)18-6-8-19(27)9-7-18/h6-13,20H,14-16H2,1-5H3. The molecule has 35 heavy (non-hydrogen) atoms. The van der Waals surface area contributed by atoms with E-state index in [1.54, 1.807) is 43.5 Å². The molecule has 1 aliphatic rings. The van der Waals surface area contributed by atoms with E-state index in [4.69, 9.17) is 9.84 Å². The van der Waals surface area contributed by atoms with E-state index < -0.39 is 17.7 Å². The van der Waals surface area contributed by atoms with Gasteiger partial charge in [-0.25, -0.2) is 9.18 Å². The number of pyridine rings is 1. The van der Waals surface area contributed by atoms with Crippen LogP contribution in [0.2, 0.25) is 0 Å². The first-order chi connectivity index (χ1) is 16.5. The molecule has 1 atom stereocenters. The zero-order valence-corrected chi connectivity index (χ0v) is 20.7. The van der Waals surface area contributed by atoms with Crippen LogP contribution in [0.3, 0.4) is 0 Å². The molecule has 2 amide bonds. The van der Waals surface area contributed by atoms with E-state index in [0.717, 1.165) is 22.4 Å². The van der Waals surface area contributed by atoms with Crippen LogP contribution in [0.5, 0.6) is 0 Å². The molecule has 0 fully saturated rings. The molecule has 3 heterocycles. The van der Waals surface area contributed by atoms with Gasteiger partial charge < -0.3 is 14.5 Å². The summed E-state index contributed by atoms with van der Waals surface area (Å²) in [7, 11) is 3.40. The number of aromatic nitrogens is 3. The van der Waals surface area contributed by atoms with Crippen molar-refractivity contribution in [1.82, 2.24) is 24.6 Å². The lowest BCUT2D eigenvalue weighted by atomic mass is 9.98. The first-order valence-electron chi connectivity index (χ1n) is 11.5. The van der Waals surface area contributed by atoms with Crippen molar-refractivity contribution in [1.29, 1.82) is 0 Å². The summed E-state index contributed by atoms with van der Waals surface area (Å²) in [6.07, 6.45) is 3.10. The zero-order chi connectivity index (χ0) is 25.3. The summed E-state index contributed by atoms with van der Waals surface area (Å²) in [6, 6.07) is 9.50. The highest BCUT2D eigenvalue weighted by Crippen LogP contribution is 2.39. The lowest BCUT2D eigenvalue weighted by Gasteiger charge is -2.35. The summed E-state index contributed by atoms with van der Waals surface area (Å²) in [5.74, 6) is -0.412. The van der Waals surface area contributed by atoms with Gasteiger partial charge >= 0.3 is 6.09 Å². The van der Waals surface area contributed by atoms with E-state index >= 15 is 0 Å². The fourth-order valence-corrected chi connectivity index (χ4v) is 4.13. The van der Waals surface area contributed by atoms with Crippen LogP contribution in [0, 0.1) is 5.82 Å². The third-order valence-electron chi connectivity index (χ3n) is 5.77. The first kappa shape index (κ1) is 24.4. The largest absolute Gasteiger partial charge is 0.444 e. The van der Waals surface area contributed by atoms with Gasteiger partial charge in [-0.3, -0.25) is 14.5 Å². The summed E-state index contributed by atoms with van der Waals surface area (Å²) >= 11 is 0. The van der Waals surface area contributed by atoms with Gasteiger partial charge in [0.25, 0.3) is 0 Å². The van der Waals surface area contributed by atoms with Crippen LogP contribution < -0.4 is 0 Å². The smallest absolute Gasteiger partial charge is 0.410 e. The Morgan fingerprint density at radius 3 is 2.34 bits per heavy atom. The van der Waals surface area contributed by atoms with Crippen LogP contribution in [0.25, 0.3) is 22.4 Å². The van der Waals surface area contributed by atoms with Gasteiger partial charge in [-0.15, -0.1) is 0 Å². The molecule has 0 spiro atoms. The number of halogens is 1. The van der Waals surface area contributed by atoms with Crippen molar-refractivity contribution in [2.75, 3.05) is 20.6 Å². The van der Waals surface area contributed by atoms with Crippen LogP contribution in [0.1, 0.15) is 38.9 Å². The van der Waals surface area contributed by atoms with Crippen molar-refractivity contribution in [3.63, 3.8) is 0 Å². The highest BCUT2D eigenvalue weighted by atomic mass is 19.1. The van der Waals surface area contributed by atoms with Crippen LogP contribution in [0.4, 0.5) is 9.18 Å². The highest BCUT2D eigenvalue weighted by Gasteiger charge is 2.36. The highest BCUT2D eigenvalue weighted by molar-refractivity contribution is 5.83. The molecular weight excluding hydrogens is 449 g/mol. The number of hydrogen-bond acceptors (Lipinski definition) is 5. The molecule has 0 bridgehead atoms. The molecule has 1 unspecified atom stereocenters. The number of nitrogens with zero attached hydrogens (tertiary/aromatic N) is 5. The molecule has 3 aromatic rings. The Labute approximate surface area is 204 Å². The monoisotopic (exact) mass is 479 g/mol. The first-order valence-corrected chi connectivity index (χ1v) is 11.5. The number of carbonyl (C=O) groups excluding carboxylic acids is 2. The van der Waals surface area contributed by atoms with Crippen LogP contribution in [-0.2, 0) is 16.1 Å². The Hall–Kier alpha value is -3.75. The van der Waals surface area contributed by atoms with Gasteiger partial charge in [-0.2, -0.15) is 5.10 Å². The van der Waals surface area contributed by atoms with Gasteiger partial charge in [0.2, 0.25) is 5.91 Å². The van der Waals surface area contributed by atoms with E-state index in [1.165, 1.54) is 17.0 Å². The maximum Gasteiger partial charge on any atom is 0.410 e. The minimum Gasteiger partial charge on any atom is -0.444 e. The number of amides is 2. The van der Waals surface area contributed by atoms with E-state index in [-0.39, 0.29) is 31.2 Å². The van der Waals surface area contributed by atoms with Crippen LogP contribution in [0.15, 0.2) is 48.8 Å². The molecule has 1 aromatic carbocycles. The summed E-state index contributed by atoms with van der Waals surface area (Å²) in [5, 5.41) is 4.91. The minimum absolute atomic E-state index is 0.0729. The average molecular weight is 480 g/mol. The van der Waals surface area contributed by atoms with E-state index in [9.17, 15) is 14.0 Å². The number of fused-ring (bicyclic) bond motifs is 1. The molecule has 4 rings (SSSR count). The normalized spacial score (nSPS) is 15.5. The van der Waals surface area contributed by atoms with Crippen molar-refractivity contribution in [2.24, 2.45) is 0 Å². The van der Waals surface area contributed by atoms with Gasteiger partial charge in [-0.1, -0.05) is 0 Å². The molecule has 1 aliphatic heterocycles. The van der Waals surface area contributed by atoms with Gasteiger partial charge in [0.15, 0.2) is 0 Å². The molecule has 0 saturated heterocycles. The summed E-state index contributed by atoms with van der Waals surface area (Å²) in [6.45, 7) is 6.00. The van der Waals surface area contributed by atoms with E-state index in [2.05, 4.69) is 4.98 Å². The lowest BCUT2D eigenvalue weighted by Crippen LogP contribution is -2.45. The molecule has 0 N–H and O–H groups in total. The molecular formula is C26H30FN5O3. The molecule has 0 saturated carbocycles. The van der Waals surface area contributed by atoms with Crippen molar-refractivity contribution in [2.45, 2.75) is 45.4 Å². The maximum atomic E-state index is 13.7. The topological polar surface area (TPSA) is 80.6 Å². The van der Waals surface area contributed by atoms with E-state index in [1.807, 2.05) is 37.6 Å². The Morgan fingerprint density at radius 2 is 1.74 bits per heavy atom. The van der Waals surface area contributed by atoms with Gasteiger partial charge in [0.05, 0.1) is 24.7 Å². The summed E-state index contributed by atoms with van der Waals surface area (Å²) < 4.78 is 21.2. The maximum absolute atomic E-state index is 13.7. The fraction of sp³-hybridized carbons (Fsp3) is 0.385. The summed E-state index contributed by atoms with van der Waals surface area (Å²) in [5.41, 5.74) is 3.20. The number of carbonyl (C=O) groups is 2. The molecule has 0 radical (unpaired) electrons. The number of hydrogen-bond donors (Lipinski definition) is 0. The SMILES string of the molecule is CN(C)C(=O)CC1CN(C(=O)OC(C)(C)C)Cc2c(-c3ccncc3)c(-c3ccc(F)cc3)nn21. The number of benzene rings is 1. The average Bonchev–Trinajstić information content (AvgIpc) is 3.18.